The van der Waals surface area contributed by atoms with Gasteiger partial charge in [-0.1, -0.05) is 6.42 Å². The Bertz CT molecular complexity index is 159. The molecule has 1 aliphatic rings. The molecule has 2 unspecified atom stereocenters. The van der Waals surface area contributed by atoms with Crippen LogP contribution in [0.2, 0.25) is 0 Å². The van der Waals surface area contributed by atoms with E-state index in [1.807, 2.05) is 11.8 Å². The van der Waals surface area contributed by atoms with Gasteiger partial charge in [0.05, 0.1) is 0 Å². The lowest BCUT2D eigenvalue weighted by Crippen LogP contribution is -2.50. The quantitative estimate of drug-likeness (QED) is 0.734. The van der Waals surface area contributed by atoms with Crippen molar-refractivity contribution in [2.45, 2.75) is 38.3 Å². The van der Waals surface area contributed by atoms with E-state index < -0.39 is 0 Å². The minimum Gasteiger partial charge on any atom is -0.329 e. The highest BCUT2D eigenvalue weighted by molar-refractivity contribution is 7.98. The highest BCUT2D eigenvalue weighted by atomic mass is 32.2. The molecule has 0 aromatic carbocycles. The lowest BCUT2D eigenvalue weighted by molar-refractivity contribution is 0.101. The molecule has 0 aromatic rings. The molecule has 0 saturated heterocycles. The van der Waals surface area contributed by atoms with Crippen molar-refractivity contribution in [1.29, 1.82) is 0 Å². The molecule has 0 heterocycles. The first-order chi connectivity index (χ1) is 6.70. The molecule has 1 aliphatic carbocycles. The number of hydrogen-bond donors (Lipinski definition) is 1. The molecule has 0 amide bonds. The molecule has 2 nitrogen and oxygen atoms in total. The number of rotatable bonds is 6. The van der Waals surface area contributed by atoms with Crippen LogP contribution in [0.4, 0.5) is 0 Å². The van der Waals surface area contributed by atoms with Gasteiger partial charge in [0, 0.05) is 24.4 Å². The van der Waals surface area contributed by atoms with Crippen LogP contribution in [-0.2, 0) is 0 Å². The van der Waals surface area contributed by atoms with Crippen molar-refractivity contribution in [1.82, 2.24) is 4.90 Å². The Morgan fingerprint density at radius 1 is 1.50 bits per heavy atom. The average molecular weight is 216 g/mol. The third-order valence-electron chi connectivity index (χ3n) is 3.56. The predicted molar refractivity (Wildman–Crippen MR) is 65.8 cm³/mol. The summed E-state index contributed by atoms with van der Waals surface area (Å²) in [5, 5.41) is 0. The molecule has 0 aliphatic heterocycles. The summed E-state index contributed by atoms with van der Waals surface area (Å²) in [7, 11) is 2.23. The van der Waals surface area contributed by atoms with Gasteiger partial charge in [-0.05, 0) is 39.0 Å². The lowest BCUT2D eigenvalue weighted by Gasteiger charge is -2.41. The smallest absolute Gasteiger partial charge is 0.0246 e. The van der Waals surface area contributed by atoms with Crippen LogP contribution in [-0.4, -0.2) is 42.6 Å². The zero-order valence-corrected chi connectivity index (χ0v) is 10.5. The highest BCUT2D eigenvalue weighted by Crippen LogP contribution is 2.32. The number of thioether (sulfide) groups is 1. The van der Waals surface area contributed by atoms with Crippen LogP contribution in [0.3, 0.4) is 0 Å². The van der Waals surface area contributed by atoms with E-state index in [1.54, 1.807) is 0 Å². The first-order valence-electron chi connectivity index (χ1n) is 5.61. The van der Waals surface area contributed by atoms with Crippen LogP contribution in [0, 0.1) is 5.92 Å². The minimum atomic E-state index is 0.617. The number of hydrogen-bond acceptors (Lipinski definition) is 3. The molecule has 0 bridgehead atoms. The molecule has 3 heteroatoms. The minimum absolute atomic E-state index is 0.617. The van der Waals surface area contributed by atoms with Crippen LogP contribution in [0.15, 0.2) is 0 Å². The molecule has 0 radical (unpaired) electrons. The summed E-state index contributed by atoms with van der Waals surface area (Å²) >= 11 is 1.92. The summed E-state index contributed by atoms with van der Waals surface area (Å²) in [6.45, 7) is 3.12. The van der Waals surface area contributed by atoms with E-state index in [-0.39, 0.29) is 0 Å². The SMILES string of the molecule is CSCC(C)N(C)C(CN)C1CCC1. The highest BCUT2D eigenvalue weighted by Gasteiger charge is 2.30. The summed E-state index contributed by atoms with van der Waals surface area (Å²) in [4.78, 5) is 2.49. The average Bonchev–Trinajstić information content (AvgIpc) is 2.10. The second-order valence-corrected chi connectivity index (χ2v) is 5.37. The van der Waals surface area contributed by atoms with Gasteiger partial charge in [-0.25, -0.2) is 0 Å². The Morgan fingerprint density at radius 2 is 2.14 bits per heavy atom. The first-order valence-corrected chi connectivity index (χ1v) is 7.01. The topological polar surface area (TPSA) is 29.3 Å². The van der Waals surface area contributed by atoms with Gasteiger partial charge < -0.3 is 5.73 Å². The van der Waals surface area contributed by atoms with Crippen molar-refractivity contribution in [3.8, 4) is 0 Å². The van der Waals surface area contributed by atoms with Crippen molar-refractivity contribution in [3.63, 3.8) is 0 Å². The Morgan fingerprint density at radius 3 is 2.50 bits per heavy atom. The van der Waals surface area contributed by atoms with E-state index in [4.69, 9.17) is 5.73 Å². The van der Waals surface area contributed by atoms with Crippen LogP contribution in [0.5, 0.6) is 0 Å². The molecule has 1 fully saturated rings. The second-order valence-electron chi connectivity index (χ2n) is 4.46. The summed E-state index contributed by atoms with van der Waals surface area (Å²) in [5.41, 5.74) is 5.87. The number of nitrogens with zero attached hydrogens (tertiary/aromatic N) is 1. The van der Waals surface area contributed by atoms with Gasteiger partial charge in [0.1, 0.15) is 0 Å². The maximum atomic E-state index is 5.87. The number of likely N-dealkylation sites (N-methyl/N-ethyl adjacent to an activating group) is 1. The predicted octanol–water partition coefficient (Wildman–Crippen LogP) is 1.80. The van der Waals surface area contributed by atoms with Gasteiger partial charge in [0.2, 0.25) is 0 Å². The van der Waals surface area contributed by atoms with E-state index in [0.29, 0.717) is 12.1 Å². The van der Waals surface area contributed by atoms with E-state index in [1.165, 1.54) is 25.0 Å². The fourth-order valence-corrected chi connectivity index (χ4v) is 2.92. The summed E-state index contributed by atoms with van der Waals surface area (Å²) in [6.07, 6.45) is 6.35. The monoisotopic (exact) mass is 216 g/mol. The largest absolute Gasteiger partial charge is 0.329 e. The van der Waals surface area contributed by atoms with Crippen molar-refractivity contribution in [3.05, 3.63) is 0 Å². The van der Waals surface area contributed by atoms with E-state index in [9.17, 15) is 0 Å². The third-order valence-corrected chi connectivity index (χ3v) is 4.38. The summed E-state index contributed by atoms with van der Waals surface area (Å²) in [5.74, 6) is 2.08. The molecule has 84 valence electrons. The fraction of sp³-hybridized carbons (Fsp3) is 1.00. The molecule has 0 spiro atoms. The van der Waals surface area contributed by atoms with Crippen molar-refractivity contribution < 1.29 is 0 Å². The van der Waals surface area contributed by atoms with Gasteiger partial charge in [0.25, 0.3) is 0 Å². The summed E-state index contributed by atoms with van der Waals surface area (Å²) in [6, 6.07) is 1.27. The normalized spacial score (nSPS) is 22.1. The maximum absolute atomic E-state index is 5.87. The fourth-order valence-electron chi connectivity index (χ4n) is 2.20. The first kappa shape index (κ1) is 12.3. The van der Waals surface area contributed by atoms with E-state index in [0.717, 1.165) is 12.5 Å². The standard InChI is InChI=1S/C11H24N2S/c1-9(8-14-3)13(2)11(7-12)10-5-4-6-10/h9-11H,4-8,12H2,1-3H3. The van der Waals surface area contributed by atoms with Gasteiger partial charge in [-0.3, -0.25) is 4.90 Å². The Hall–Kier alpha value is 0.270. The second kappa shape index (κ2) is 5.99. The summed E-state index contributed by atoms with van der Waals surface area (Å²) < 4.78 is 0. The zero-order chi connectivity index (χ0) is 10.6. The third kappa shape index (κ3) is 2.88. The van der Waals surface area contributed by atoms with Crippen LogP contribution < -0.4 is 5.73 Å². The Balaban J connectivity index is 2.41. The molecule has 0 aromatic heterocycles. The Kier molecular flexibility index (Phi) is 5.28. The molecular formula is C11H24N2S. The molecule has 14 heavy (non-hydrogen) atoms. The molecular weight excluding hydrogens is 192 g/mol. The Labute approximate surface area is 92.6 Å². The van der Waals surface area contributed by atoms with Gasteiger partial charge in [-0.15, -0.1) is 0 Å². The molecule has 2 atom stereocenters. The van der Waals surface area contributed by atoms with Crippen LogP contribution in [0.1, 0.15) is 26.2 Å². The van der Waals surface area contributed by atoms with Gasteiger partial charge in [0.15, 0.2) is 0 Å². The zero-order valence-electron chi connectivity index (χ0n) is 9.70. The molecule has 2 N–H and O–H groups in total. The van der Waals surface area contributed by atoms with Gasteiger partial charge in [-0.2, -0.15) is 11.8 Å². The van der Waals surface area contributed by atoms with E-state index in [2.05, 4.69) is 25.1 Å². The van der Waals surface area contributed by atoms with Crippen molar-refractivity contribution in [2.75, 3.05) is 25.6 Å². The maximum Gasteiger partial charge on any atom is 0.0246 e. The van der Waals surface area contributed by atoms with Crippen LogP contribution in [0.25, 0.3) is 0 Å². The van der Waals surface area contributed by atoms with Gasteiger partial charge >= 0.3 is 0 Å². The van der Waals surface area contributed by atoms with E-state index >= 15 is 0 Å². The van der Waals surface area contributed by atoms with Crippen LogP contribution >= 0.6 is 11.8 Å². The number of nitrogens with two attached hydrogens (primary N) is 1. The lowest BCUT2D eigenvalue weighted by atomic mass is 9.79. The van der Waals surface area contributed by atoms with Crippen molar-refractivity contribution in [2.24, 2.45) is 11.7 Å². The van der Waals surface area contributed by atoms with Crippen molar-refractivity contribution >= 4 is 11.8 Å². The molecule has 1 saturated carbocycles. The molecule has 1 rings (SSSR count).